The molecule has 1 heterocycles. The van der Waals surface area contributed by atoms with Gasteiger partial charge in [0.25, 0.3) is 0 Å². The van der Waals surface area contributed by atoms with E-state index < -0.39 is 6.04 Å². The van der Waals surface area contributed by atoms with Crippen LogP contribution in [-0.2, 0) is 11.2 Å². The highest BCUT2D eigenvalue weighted by Crippen LogP contribution is 1.95. The first-order valence-corrected chi connectivity index (χ1v) is 5.53. The van der Waals surface area contributed by atoms with Crippen LogP contribution in [0.4, 0.5) is 4.79 Å². The summed E-state index contributed by atoms with van der Waals surface area (Å²) in [5, 5.41) is 5.24. The third-order valence-electron chi connectivity index (χ3n) is 2.38. The van der Waals surface area contributed by atoms with E-state index in [1.807, 2.05) is 12.1 Å². The predicted octanol–water partition coefficient (Wildman–Crippen LogP) is 0.901. The van der Waals surface area contributed by atoms with E-state index in [4.69, 9.17) is 0 Å². The summed E-state index contributed by atoms with van der Waals surface area (Å²) in [4.78, 5) is 26.3. The standard InChI is InChI=1S/C12H17N3O2/c1-9(10(2)16)15-12(17)14-7-5-11-4-3-6-13-8-11/h3-4,6,8-9H,5,7H2,1-2H3,(H2,14,15,17). The zero-order valence-corrected chi connectivity index (χ0v) is 10.1. The van der Waals surface area contributed by atoms with Crippen LogP contribution >= 0.6 is 0 Å². The molecule has 0 aliphatic rings. The van der Waals surface area contributed by atoms with Crippen molar-refractivity contribution in [1.29, 1.82) is 0 Å². The summed E-state index contributed by atoms with van der Waals surface area (Å²) in [5.74, 6) is -0.0626. The molecule has 0 aliphatic heterocycles. The van der Waals surface area contributed by atoms with Gasteiger partial charge in [-0.1, -0.05) is 6.07 Å². The summed E-state index contributed by atoms with van der Waals surface area (Å²) < 4.78 is 0. The Bertz CT molecular complexity index is 379. The van der Waals surface area contributed by atoms with Crippen LogP contribution in [0.3, 0.4) is 0 Å². The van der Waals surface area contributed by atoms with Gasteiger partial charge in [-0.05, 0) is 31.9 Å². The summed E-state index contributed by atoms with van der Waals surface area (Å²) in [5.41, 5.74) is 1.06. The zero-order chi connectivity index (χ0) is 12.7. The van der Waals surface area contributed by atoms with Crippen molar-refractivity contribution in [3.8, 4) is 0 Å². The normalized spacial score (nSPS) is 11.6. The Morgan fingerprint density at radius 1 is 1.47 bits per heavy atom. The highest BCUT2D eigenvalue weighted by molar-refractivity contribution is 5.86. The molecule has 92 valence electrons. The Balaban J connectivity index is 2.23. The molecule has 2 amide bonds. The number of rotatable bonds is 5. The molecule has 0 saturated carbocycles. The van der Waals surface area contributed by atoms with Crippen LogP contribution in [0.15, 0.2) is 24.5 Å². The van der Waals surface area contributed by atoms with Gasteiger partial charge in [0.05, 0.1) is 6.04 Å². The van der Waals surface area contributed by atoms with E-state index >= 15 is 0 Å². The van der Waals surface area contributed by atoms with Gasteiger partial charge < -0.3 is 10.6 Å². The van der Waals surface area contributed by atoms with Crippen molar-refractivity contribution in [2.24, 2.45) is 0 Å². The molecule has 1 unspecified atom stereocenters. The number of ketones is 1. The smallest absolute Gasteiger partial charge is 0.315 e. The molecule has 0 fully saturated rings. The number of hydrogen-bond acceptors (Lipinski definition) is 3. The van der Waals surface area contributed by atoms with Gasteiger partial charge in [0.2, 0.25) is 0 Å². The zero-order valence-electron chi connectivity index (χ0n) is 10.1. The molecule has 0 saturated heterocycles. The number of Topliss-reactive ketones (excluding diaryl/α,β-unsaturated/α-hetero) is 1. The van der Waals surface area contributed by atoms with E-state index in [1.54, 1.807) is 19.3 Å². The second-order valence-electron chi connectivity index (χ2n) is 3.84. The van der Waals surface area contributed by atoms with Crippen LogP contribution in [0.2, 0.25) is 0 Å². The Morgan fingerprint density at radius 2 is 2.24 bits per heavy atom. The van der Waals surface area contributed by atoms with Crippen molar-refractivity contribution in [2.45, 2.75) is 26.3 Å². The molecule has 2 N–H and O–H groups in total. The van der Waals surface area contributed by atoms with Gasteiger partial charge in [-0.15, -0.1) is 0 Å². The van der Waals surface area contributed by atoms with Gasteiger partial charge >= 0.3 is 6.03 Å². The van der Waals surface area contributed by atoms with Gasteiger partial charge in [0.15, 0.2) is 5.78 Å². The number of nitrogens with one attached hydrogen (secondary N) is 2. The topological polar surface area (TPSA) is 71.1 Å². The molecule has 17 heavy (non-hydrogen) atoms. The Morgan fingerprint density at radius 3 is 2.82 bits per heavy atom. The number of carbonyl (C=O) groups is 2. The third kappa shape index (κ3) is 5.10. The molecule has 5 nitrogen and oxygen atoms in total. The highest BCUT2D eigenvalue weighted by Gasteiger charge is 2.09. The number of amides is 2. The Kier molecular flexibility index (Phi) is 5.13. The minimum absolute atomic E-state index is 0.0626. The van der Waals surface area contributed by atoms with Crippen LogP contribution in [0.5, 0.6) is 0 Å². The van der Waals surface area contributed by atoms with Crippen molar-refractivity contribution in [3.05, 3.63) is 30.1 Å². The first-order valence-electron chi connectivity index (χ1n) is 5.53. The molecule has 0 aliphatic carbocycles. The van der Waals surface area contributed by atoms with Gasteiger partial charge in [0.1, 0.15) is 0 Å². The lowest BCUT2D eigenvalue weighted by Crippen LogP contribution is -2.44. The van der Waals surface area contributed by atoms with Crippen LogP contribution in [0, 0.1) is 0 Å². The third-order valence-corrected chi connectivity index (χ3v) is 2.38. The van der Waals surface area contributed by atoms with Gasteiger partial charge in [-0.3, -0.25) is 9.78 Å². The molecule has 1 aromatic heterocycles. The molecule has 1 rings (SSSR count). The summed E-state index contributed by atoms with van der Waals surface area (Å²) in [6, 6.07) is 3.03. The summed E-state index contributed by atoms with van der Waals surface area (Å²) in [6.07, 6.45) is 4.19. The van der Waals surface area contributed by atoms with Crippen molar-refractivity contribution in [3.63, 3.8) is 0 Å². The van der Waals surface area contributed by atoms with Gasteiger partial charge in [-0.25, -0.2) is 4.79 Å². The van der Waals surface area contributed by atoms with Gasteiger partial charge in [-0.2, -0.15) is 0 Å². The fourth-order valence-electron chi connectivity index (χ4n) is 1.22. The van der Waals surface area contributed by atoms with E-state index in [2.05, 4.69) is 15.6 Å². The van der Waals surface area contributed by atoms with E-state index in [-0.39, 0.29) is 11.8 Å². The summed E-state index contributed by atoms with van der Waals surface area (Å²) in [7, 11) is 0. The minimum atomic E-state index is -0.451. The second-order valence-corrected chi connectivity index (χ2v) is 3.84. The molecular formula is C12H17N3O2. The summed E-state index contributed by atoms with van der Waals surface area (Å²) >= 11 is 0. The molecule has 1 atom stereocenters. The fourth-order valence-corrected chi connectivity index (χ4v) is 1.22. The number of urea groups is 1. The Hall–Kier alpha value is -1.91. The lowest BCUT2D eigenvalue weighted by Gasteiger charge is -2.11. The monoisotopic (exact) mass is 235 g/mol. The van der Waals surface area contributed by atoms with E-state index in [1.165, 1.54) is 6.92 Å². The number of pyridine rings is 1. The van der Waals surface area contributed by atoms with Crippen LogP contribution < -0.4 is 10.6 Å². The second kappa shape index (κ2) is 6.62. The molecule has 0 spiro atoms. The Labute approximate surface area is 101 Å². The molecule has 0 radical (unpaired) electrons. The predicted molar refractivity (Wildman–Crippen MR) is 64.6 cm³/mol. The fraction of sp³-hybridized carbons (Fsp3) is 0.417. The van der Waals surface area contributed by atoms with Crippen LogP contribution in [-0.4, -0.2) is 29.4 Å². The number of aromatic nitrogens is 1. The minimum Gasteiger partial charge on any atom is -0.338 e. The summed E-state index contributed by atoms with van der Waals surface area (Å²) in [6.45, 7) is 3.62. The maximum atomic E-state index is 11.4. The van der Waals surface area contributed by atoms with Crippen LogP contribution in [0.25, 0.3) is 0 Å². The SMILES string of the molecule is CC(=O)C(C)NC(=O)NCCc1cccnc1. The molecule has 5 heteroatoms. The average Bonchev–Trinajstić information content (AvgIpc) is 2.30. The number of nitrogens with zero attached hydrogens (tertiary/aromatic N) is 1. The molecule has 0 aromatic carbocycles. The maximum absolute atomic E-state index is 11.4. The molecule has 0 bridgehead atoms. The van der Waals surface area contributed by atoms with Crippen molar-refractivity contribution in [1.82, 2.24) is 15.6 Å². The largest absolute Gasteiger partial charge is 0.338 e. The van der Waals surface area contributed by atoms with Crippen molar-refractivity contribution < 1.29 is 9.59 Å². The van der Waals surface area contributed by atoms with E-state index in [0.29, 0.717) is 6.54 Å². The first kappa shape index (κ1) is 13.2. The van der Waals surface area contributed by atoms with Gasteiger partial charge in [0, 0.05) is 18.9 Å². The van der Waals surface area contributed by atoms with Crippen molar-refractivity contribution >= 4 is 11.8 Å². The maximum Gasteiger partial charge on any atom is 0.315 e. The lowest BCUT2D eigenvalue weighted by molar-refractivity contribution is -0.118. The van der Waals surface area contributed by atoms with E-state index in [9.17, 15) is 9.59 Å². The molecular weight excluding hydrogens is 218 g/mol. The van der Waals surface area contributed by atoms with Crippen molar-refractivity contribution in [2.75, 3.05) is 6.54 Å². The average molecular weight is 235 g/mol. The van der Waals surface area contributed by atoms with E-state index in [0.717, 1.165) is 12.0 Å². The molecule has 1 aromatic rings. The quantitative estimate of drug-likeness (QED) is 0.796. The first-order chi connectivity index (χ1) is 8.09. The lowest BCUT2D eigenvalue weighted by atomic mass is 10.2. The number of hydrogen-bond donors (Lipinski definition) is 2. The highest BCUT2D eigenvalue weighted by atomic mass is 16.2. The van der Waals surface area contributed by atoms with Crippen LogP contribution in [0.1, 0.15) is 19.4 Å². The number of carbonyl (C=O) groups excluding carboxylic acids is 2.